The molecule has 6 heteroatoms. The van der Waals surface area contributed by atoms with Gasteiger partial charge in [0.1, 0.15) is 17.2 Å². The van der Waals surface area contributed by atoms with Crippen molar-refractivity contribution in [2.75, 3.05) is 20.3 Å². The SMILES string of the molecule is CCOC(OCC)C(=CC(=O)OC)Oc1ccc(Oc2ccccc2)cc1. The largest absolute Gasteiger partial charge is 0.466 e. The Bertz CT molecular complexity index is 718. The Kier molecular flexibility index (Phi) is 8.35. The zero-order valence-electron chi connectivity index (χ0n) is 15.7. The molecule has 0 amide bonds. The molecule has 0 aromatic heterocycles. The number of para-hydroxylation sites is 1. The summed E-state index contributed by atoms with van der Waals surface area (Å²) in [7, 11) is 1.29. The van der Waals surface area contributed by atoms with Crippen molar-refractivity contribution >= 4 is 5.97 Å². The minimum absolute atomic E-state index is 0.210. The van der Waals surface area contributed by atoms with Crippen LogP contribution >= 0.6 is 0 Å². The number of esters is 1. The molecule has 27 heavy (non-hydrogen) atoms. The van der Waals surface area contributed by atoms with Crippen LogP contribution in [-0.4, -0.2) is 32.6 Å². The maximum Gasteiger partial charge on any atom is 0.334 e. The van der Waals surface area contributed by atoms with Gasteiger partial charge in [-0.25, -0.2) is 4.79 Å². The summed E-state index contributed by atoms with van der Waals surface area (Å²) in [6, 6.07) is 16.5. The van der Waals surface area contributed by atoms with E-state index >= 15 is 0 Å². The average Bonchev–Trinajstić information content (AvgIpc) is 2.69. The quantitative estimate of drug-likeness (QED) is 0.268. The predicted octanol–water partition coefficient (Wildman–Crippen LogP) is 4.31. The van der Waals surface area contributed by atoms with E-state index in [0.717, 1.165) is 5.75 Å². The second kappa shape index (κ2) is 11.0. The molecule has 2 aromatic carbocycles. The van der Waals surface area contributed by atoms with Gasteiger partial charge in [0, 0.05) is 13.2 Å². The first-order valence-electron chi connectivity index (χ1n) is 8.69. The summed E-state index contributed by atoms with van der Waals surface area (Å²) in [6.07, 6.45) is 0.407. The highest BCUT2D eigenvalue weighted by atomic mass is 16.7. The number of methoxy groups -OCH3 is 1. The molecule has 0 saturated heterocycles. The molecule has 0 bridgehead atoms. The summed E-state index contributed by atoms with van der Waals surface area (Å²) >= 11 is 0. The first kappa shape index (κ1) is 20.5. The van der Waals surface area contributed by atoms with Crippen molar-refractivity contribution in [2.24, 2.45) is 0 Å². The maximum atomic E-state index is 11.7. The second-order valence-corrected chi connectivity index (χ2v) is 5.30. The van der Waals surface area contributed by atoms with E-state index in [0.29, 0.717) is 24.7 Å². The Morgan fingerprint density at radius 3 is 2.00 bits per heavy atom. The number of benzene rings is 2. The van der Waals surface area contributed by atoms with Gasteiger partial charge in [0.15, 0.2) is 5.76 Å². The third kappa shape index (κ3) is 6.77. The number of hydrogen-bond donors (Lipinski definition) is 0. The van der Waals surface area contributed by atoms with Gasteiger partial charge in [-0.1, -0.05) is 18.2 Å². The highest BCUT2D eigenvalue weighted by Gasteiger charge is 2.19. The molecule has 0 aliphatic carbocycles. The predicted molar refractivity (Wildman–Crippen MR) is 101 cm³/mol. The van der Waals surface area contributed by atoms with Crippen molar-refractivity contribution in [1.82, 2.24) is 0 Å². The molecule has 0 aliphatic rings. The van der Waals surface area contributed by atoms with E-state index < -0.39 is 12.3 Å². The highest BCUT2D eigenvalue weighted by molar-refractivity contribution is 5.82. The Morgan fingerprint density at radius 2 is 1.44 bits per heavy atom. The fourth-order valence-corrected chi connectivity index (χ4v) is 2.17. The third-order valence-corrected chi connectivity index (χ3v) is 3.37. The van der Waals surface area contributed by atoms with E-state index in [1.165, 1.54) is 13.2 Å². The van der Waals surface area contributed by atoms with Gasteiger partial charge in [-0.05, 0) is 50.2 Å². The molecular weight excluding hydrogens is 348 g/mol. The van der Waals surface area contributed by atoms with E-state index in [1.54, 1.807) is 24.3 Å². The van der Waals surface area contributed by atoms with Crippen LogP contribution in [0.3, 0.4) is 0 Å². The Balaban J connectivity index is 2.13. The Labute approximate surface area is 159 Å². The van der Waals surface area contributed by atoms with Crippen molar-refractivity contribution < 1.29 is 28.5 Å². The average molecular weight is 372 g/mol. The summed E-state index contributed by atoms with van der Waals surface area (Å²) in [5.41, 5.74) is 0. The van der Waals surface area contributed by atoms with Crippen LogP contribution in [0.5, 0.6) is 17.2 Å². The number of carbonyl (C=O) groups is 1. The fourth-order valence-electron chi connectivity index (χ4n) is 2.17. The number of hydrogen-bond acceptors (Lipinski definition) is 6. The second-order valence-electron chi connectivity index (χ2n) is 5.30. The van der Waals surface area contributed by atoms with Crippen LogP contribution in [-0.2, 0) is 19.0 Å². The van der Waals surface area contributed by atoms with Crippen LogP contribution in [0.1, 0.15) is 13.8 Å². The van der Waals surface area contributed by atoms with E-state index in [2.05, 4.69) is 4.74 Å². The van der Waals surface area contributed by atoms with Crippen LogP contribution in [0.15, 0.2) is 66.4 Å². The number of ether oxygens (including phenoxy) is 5. The lowest BCUT2D eigenvalue weighted by Crippen LogP contribution is -2.24. The first-order chi connectivity index (χ1) is 13.2. The molecule has 6 nitrogen and oxygen atoms in total. The molecule has 0 radical (unpaired) electrons. The normalized spacial score (nSPS) is 11.3. The van der Waals surface area contributed by atoms with Crippen molar-refractivity contribution in [1.29, 1.82) is 0 Å². The van der Waals surface area contributed by atoms with Gasteiger partial charge in [-0.2, -0.15) is 0 Å². The zero-order valence-corrected chi connectivity index (χ0v) is 15.7. The number of rotatable bonds is 10. The van der Waals surface area contributed by atoms with Gasteiger partial charge in [0.25, 0.3) is 0 Å². The molecular formula is C21H24O6. The standard InChI is InChI=1S/C21H24O6/c1-4-24-21(25-5-2)19(15-20(22)23-3)27-18-13-11-17(12-14-18)26-16-9-7-6-8-10-16/h6-15,21H,4-5H2,1-3H3. The van der Waals surface area contributed by atoms with Crippen LogP contribution < -0.4 is 9.47 Å². The van der Waals surface area contributed by atoms with Gasteiger partial charge < -0.3 is 23.7 Å². The van der Waals surface area contributed by atoms with E-state index in [9.17, 15) is 4.79 Å². The van der Waals surface area contributed by atoms with Crippen molar-refractivity contribution in [3.63, 3.8) is 0 Å². The molecule has 0 aliphatic heterocycles. The van der Waals surface area contributed by atoms with Gasteiger partial charge in [0.05, 0.1) is 13.2 Å². The first-order valence-corrected chi connectivity index (χ1v) is 8.69. The molecule has 0 saturated carbocycles. The lowest BCUT2D eigenvalue weighted by atomic mass is 10.3. The third-order valence-electron chi connectivity index (χ3n) is 3.37. The van der Waals surface area contributed by atoms with Gasteiger partial charge >= 0.3 is 5.97 Å². The summed E-state index contributed by atoms with van der Waals surface area (Å²) in [6.45, 7) is 4.46. The minimum Gasteiger partial charge on any atom is -0.466 e. The lowest BCUT2D eigenvalue weighted by Gasteiger charge is -2.20. The summed E-state index contributed by atoms with van der Waals surface area (Å²) < 4.78 is 27.3. The highest BCUT2D eigenvalue weighted by Crippen LogP contribution is 2.25. The monoisotopic (exact) mass is 372 g/mol. The molecule has 0 atom stereocenters. The van der Waals surface area contributed by atoms with E-state index in [-0.39, 0.29) is 5.76 Å². The van der Waals surface area contributed by atoms with E-state index in [1.807, 2.05) is 44.2 Å². The number of carbonyl (C=O) groups excluding carboxylic acids is 1. The molecule has 0 heterocycles. The lowest BCUT2D eigenvalue weighted by molar-refractivity contribution is -0.138. The topological polar surface area (TPSA) is 63.2 Å². The van der Waals surface area contributed by atoms with Gasteiger partial charge in [0.2, 0.25) is 6.29 Å². The van der Waals surface area contributed by atoms with Gasteiger partial charge in [-0.3, -0.25) is 0 Å². The summed E-state index contributed by atoms with van der Waals surface area (Å²) in [5, 5.41) is 0. The molecule has 0 fully saturated rings. The van der Waals surface area contributed by atoms with Crippen LogP contribution in [0.2, 0.25) is 0 Å². The van der Waals surface area contributed by atoms with Crippen LogP contribution in [0, 0.1) is 0 Å². The molecule has 0 N–H and O–H groups in total. The van der Waals surface area contributed by atoms with Crippen LogP contribution in [0.4, 0.5) is 0 Å². The van der Waals surface area contributed by atoms with Crippen molar-refractivity contribution in [3.05, 3.63) is 66.4 Å². The zero-order chi connectivity index (χ0) is 19.5. The summed E-state index contributed by atoms with van der Waals surface area (Å²) in [4.78, 5) is 11.7. The molecule has 0 unspecified atom stereocenters. The van der Waals surface area contributed by atoms with Crippen molar-refractivity contribution in [3.8, 4) is 17.2 Å². The molecule has 144 valence electrons. The van der Waals surface area contributed by atoms with Crippen LogP contribution in [0.25, 0.3) is 0 Å². The molecule has 2 aromatic rings. The summed E-state index contributed by atoms with van der Waals surface area (Å²) in [5.74, 6) is 1.57. The Hall–Kier alpha value is -2.83. The molecule has 0 spiro atoms. The molecule has 2 rings (SSSR count). The van der Waals surface area contributed by atoms with Gasteiger partial charge in [-0.15, -0.1) is 0 Å². The maximum absolute atomic E-state index is 11.7. The smallest absolute Gasteiger partial charge is 0.334 e. The minimum atomic E-state index is -0.806. The Morgan fingerprint density at radius 1 is 0.889 bits per heavy atom. The van der Waals surface area contributed by atoms with E-state index in [4.69, 9.17) is 18.9 Å². The van der Waals surface area contributed by atoms with Crippen molar-refractivity contribution in [2.45, 2.75) is 20.1 Å². The fraction of sp³-hybridized carbons (Fsp3) is 0.286.